The Kier molecular flexibility index (Phi) is 7.87. The van der Waals surface area contributed by atoms with Crippen LogP contribution in [-0.4, -0.2) is 41.5 Å². The fraction of sp³-hybridized carbons (Fsp3) is 0.633. The lowest BCUT2D eigenvalue weighted by atomic mass is 9.78. The molecule has 1 spiro atoms. The van der Waals surface area contributed by atoms with E-state index in [1.54, 1.807) is 0 Å². The highest BCUT2D eigenvalue weighted by atomic mass is 16.5. The van der Waals surface area contributed by atoms with Crippen molar-refractivity contribution >= 4 is 28.7 Å². The Hall–Kier alpha value is -2.83. The lowest BCUT2D eigenvalue weighted by Crippen LogP contribution is -2.45. The summed E-state index contributed by atoms with van der Waals surface area (Å²) in [4.78, 5) is 43.0. The summed E-state index contributed by atoms with van der Waals surface area (Å²) in [6, 6.07) is 9.26. The number of nitrogens with one attached hydrogen (secondary N) is 3. The Balaban J connectivity index is 1.34. The summed E-state index contributed by atoms with van der Waals surface area (Å²) >= 11 is 0. The maximum absolute atomic E-state index is 13.8. The number of ether oxygens (including phenoxy) is 1. The van der Waals surface area contributed by atoms with Crippen molar-refractivity contribution < 1.29 is 19.1 Å². The number of hydrogen-bond donors (Lipinski definition) is 3. The lowest BCUT2D eigenvalue weighted by molar-refractivity contribution is -0.146. The van der Waals surface area contributed by atoms with Crippen LogP contribution in [0.3, 0.4) is 0 Å². The molecule has 2 heterocycles. The van der Waals surface area contributed by atoms with E-state index in [-0.39, 0.29) is 35.6 Å². The molecule has 1 aromatic carbocycles. The number of aromatic nitrogens is 1. The fourth-order valence-electron chi connectivity index (χ4n) is 7.05. The molecule has 0 radical (unpaired) electrons. The highest BCUT2D eigenvalue weighted by molar-refractivity contribution is 5.91. The molecule has 0 bridgehead atoms. The Labute approximate surface area is 219 Å². The van der Waals surface area contributed by atoms with Crippen LogP contribution in [0.15, 0.2) is 30.3 Å². The number of para-hydroxylation sites is 1. The van der Waals surface area contributed by atoms with Gasteiger partial charge in [0.2, 0.25) is 11.8 Å². The van der Waals surface area contributed by atoms with Gasteiger partial charge in [0.15, 0.2) is 0 Å². The van der Waals surface area contributed by atoms with Crippen LogP contribution in [0, 0.1) is 11.8 Å². The molecule has 2 amide bonds. The van der Waals surface area contributed by atoms with E-state index < -0.39 is 12.0 Å². The summed E-state index contributed by atoms with van der Waals surface area (Å²) < 4.78 is 5.09. The van der Waals surface area contributed by atoms with Gasteiger partial charge >= 0.3 is 5.97 Å². The van der Waals surface area contributed by atoms with Crippen molar-refractivity contribution in [1.82, 2.24) is 15.6 Å². The largest absolute Gasteiger partial charge is 0.467 e. The maximum atomic E-state index is 13.8. The molecule has 2 aliphatic carbocycles. The van der Waals surface area contributed by atoms with Crippen LogP contribution in [0.2, 0.25) is 0 Å². The van der Waals surface area contributed by atoms with Gasteiger partial charge in [-0.25, -0.2) is 4.79 Å². The number of hydrogen-bond acceptors (Lipinski definition) is 4. The molecular formula is C30H41N3O4. The number of esters is 1. The standard InChI is InChI=1S/C30H41N3O4/c1-37-29(36)26(18-22-19-30(33-27(22)34)14-8-3-9-15-30)32-28(35)23(16-20-10-4-2-5-11-20)25-17-21-12-6-7-13-24(21)31-25/h6-7,12-13,17,20,22-23,26,31H,2-5,8-11,14-16,18-19H2,1H3,(H,32,35)(H,33,34)/t22?,23-,26?/m1/s1. The Morgan fingerprint density at radius 2 is 1.78 bits per heavy atom. The minimum absolute atomic E-state index is 0.000532. The first-order valence-corrected chi connectivity index (χ1v) is 14.2. The third kappa shape index (κ3) is 5.86. The number of benzene rings is 1. The number of aromatic amines is 1. The number of methoxy groups -OCH3 is 1. The van der Waals surface area contributed by atoms with Gasteiger partial charge in [0.25, 0.3) is 0 Å². The second-order valence-electron chi connectivity index (χ2n) is 11.7. The van der Waals surface area contributed by atoms with Gasteiger partial charge in [-0.05, 0) is 55.5 Å². The number of carbonyl (C=O) groups is 3. The van der Waals surface area contributed by atoms with Gasteiger partial charge in [0, 0.05) is 22.7 Å². The molecule has 1 aliphatic heterocycles. The zero-order valence-electron chi connectivity index (χ0n) is 22.0. The molecule has 7 heteroatoms. The molecule has 2 unspecified atom stereocenters. The van der Waals surface area contributed by atoms with E-state index in [1.807, 2.05) is 24.3 Å². The first kappa shape index (κ1) is 25.8. The van der Waals surface area contributed by atoms with Crippen LogP contribution in [-0.2, 0) is 19.1 Å². The number of amides is 2. The van der Waals surface area contributed by atoms with Gasteiger partial charge < -0.3 is 20.4 Å². The van der Waals surface area contributed by atoms with Crippen LogP contribution >= 0.6 is 0 Å². The Morgan fingerprint density at radius 1 is 1.05 bits per heavy atom. The third-order valence-electron chi connectivity index (χ3n) is 9.07. The van der Waals surface area contributed by atoms with Gasteiger partial charge in [0.1, 0.15) is 6.04 Å². The minimum atomic E-state index is -0.842. The topological polar surface area (TPSA) is 100 Å². The molecule has 5 rings (SSSR count). The zero-order chi connectivity index (χ0) is 25.8. The summed E-state index contributed by atoms with van der Waals surface area (Å²) in [6.07, 6.45) is 13.1. The summed E-state index contributed by atoms with van der Waals surface area (Å²) in [5.41, 5.74) is 1.75. The summed E-state index contributed by atoms with van der Waals surface area (Å²) in [5.74, 6) is -0.854. The number of carbonyl (C=O) groups excluding carboxylic acids is 3. The first-order valence-electron chi connectivity index (χ1n) is 14.2. The van der Waals surface area contributed by atoms with Gasteiger partial charge in [-0.1, -0.05) is 69.6 Å². The highest BCUT2D eigenvalue weighted by Gasteiger charge is 2.46. The molecule has 1 saturated heterocycles. The molecule has 3 N–H and O–H groups in total. The normalized spacial score (nSPS) is 23.5. The third-order valence-corrected chi connectivity index (χ3v) is 9.07. The van der Waals surface area contributed by atoms with Gasteiger partial charge in [-0.3, -0.25) is 9.59 Å². The number of fused-ring (bicyclic) bond motifs is 1. The summed E-state index contributed by atoms with van der Waals surface area (Å²) in [5, 5.41) is 7.34. The van der Waals surface area contributed by atoms with Crippen LogP contribution in [0.25, 0.3) is 10.9 Å². The fourth-order valence-corrected chi connectivity index (χ4v) is 7.05. The lowest BCUT2D eigenvalue weighted by Gasteiger charge is -2.33. The van der Waals surface area contributed by atoms with Crippen molar-refractivity contribution in [3.63, 3.8) is 0 Å². The second-order valence-corrected chi connectivity index (χ2v) is 11.7. The van der Waals surface area contributed by atoms with E-state index in [4.69, 9.17) is 4.74 Å². The predicted octanol–water partition coefficient (Wildman–Crippen LogP) is 5.11. The van der Waals surface area contributed by atoms with Crippen molar-refractivity contribution in [2.24, 2.45) is 11.8 Å². The van der Waals surface area contributed by atoms with E-state index in [9.17, 15) is 14.4 Å². The van der Waals surface area contributed by atoms with Crippen LogP contribution in [0.4, 0.5) is 0 Å². The van der Waals surface area contributed by atoms with Gasteiger partial charge in [0.05, 0.1) is 13.0 Å². The molecule has 2 aromatic rings. The summed E-state index contributed by atoms with van der Waals surface area (Å²) in [6.45, 7) is 0. The van der Waals surface area contributed by atoms with Crippen molar-refractivity contribution in [3.8, 4) is 0 Å². The quantitative estimate of drug-likeness (QED) is 0.432. The SMILES string of the molecule is COC(=O)C(CC1CC2(CCCCC2)NC1=O)NC(=O)[C@H](CC1CCCCC1)c1cc2ccccc2[nH]1. The van der Waals surface area contributed by atoms with E-state index in [2.05, 4.69) is 21.7 Å². The van der Waals surface area contributed by atoms with Crippen molar-refractivity contribution in [1.29, 1.82) is 0 Å². The van der Waals surface area contributed by atoms with E-state index in [0.29, 0.717) is 5.92 Å². The molecule has 37 heavy (non-hydrogen) atoms. The monoisotopic (exact) mass is 507 g/mol. The first-order chi connectivity index (χ1) is 18.0. The number of rotatable bonds is 8. The molecule has 3 atom stereocenters. The second kappa shape index (κ2) is 11.3. The van der Waals surface area contributed by atoms with Crippen LogP contribution in [0.1, 0.15) is 95.1 Å². The van der Waals surface area contributed by atoms with Gasteiger partial charge in [-0.2, -0.15) is 0 Å². The zero-order valence-corrected chi connectivity index (χ0v) is 22.0. The van der Waals surface area contributed by atoms with Crippen molar-refractivity contribution in [2.45, 2.75) is 101 Å². The molecule has 200 valence electrons. The van der Waals surface area contributed by atoms with Gasteiger partial charge in [-0.15, -0.1) is 0 Å². The maximum Gasteiger partial charge on any atom is 0.328 e. The van der Waals surface area contributed by atoms with E-state index >= 15 is 0 Å². The average Bonchev–Trinajstić information content (AvgIpc) is 3.47. The molecule has 1 aromatic heterocycles. The van der Waals surface area contributed by atoms with Crippen molar-refractivity contribution in [3.05, 3.63) is 36.0 Å². The smallest absolute Gasteiger partial charge is 0.328 e. The van der Waals surface area contributed by atoms with Crippen LogP contribution < -0.4 is 10.6 Å². The molecule has 2 saturated carbocycles. The number of H-pyrrole nitrogens is 1. The van der Waals surface area contributed by atoms with E-state index in [0.717, 1.165) is 68.0 Å². The highest BCUT2D eigenvalue weighted by Crippen LogP contribution is 2.40. The average molecular weight is 508 g/mol. The predicted molar refractivity (Wildman–Crippen MR) is 143 cm³/mol. The molecule has 3 aliphatic rings. The molecule has 3 fully saturated rings. The summed E-state index contributed by atoms with van der Waals surface area (Å²) in [7, 11) is 1.34. The molecule has 7 nitrogen and oxygen atoms in total. The molecular weight excluding hydrogens is 466 g/mol. The van der Waals surface area contributed by atoms with Crippen molar-refractivity contribution in [2.75, 3.05) is 7.11 Å². The Morgan fingerprint density at radius 3 is 2.51 bits per heavy atom. The van der Waals surface area contributed by atoms with Crippen LogP contribution in [0.5, 0.6) is 0 Å². The minimum Gasteiger partial charge on any atom is -0.467 e. The Bertz CT molecular complexity index is 1080. The van der Waals surface area contributed by atoms with E-state index in [1.165, 1.54) is 32.8 Å².